The number of aliphatic imine (C=N–C) groups is 1. The third-order valence-corrected chi connectivity index (χ3v) is 4.10. The van der Waals surface area contributed by atoms with Crippen LogP contribution in [0.2, 0.25) is 0 Å². The van der Waals surface area contributed by atoms with Gasteiger partial charge in [-0.15, -0.1) is 12.4 Å². The van der Waals surface area contributed by atoms with E-state index in [1.165, 1.54) is 0 Å². The molecule has 17 heavy (non-hydrogen) atoms. The molecule has 1 amide bonds. The molecule has 0 radical (unpaired) electrons. The van der Waals surface area contributed by atoms with Crippen LogP contribution in [-0.4, -0.2) is 29.1 Å². The summed E-state index contributed by atoms with van der Waals surface area (Å²) < 4.78 is 0. The van der Waals surface area contributed by atoms with E-state index in [-0.39, 0.29) is 23.6 Å². The Morgan fingerprint density at radius 2 is 2.06 bits per heavy atom. The van der Waals surface area contributed by atoms with Crippen LogP contribution >= 0.6 is 24.2 Å². The molecule has 2 aliphatic heterocycles. The summed E-state index contributed by atoms with van der Waals surface area (Å²) in [6, 6.07) is 9.94. The van der Waals surface area contributed by atoms with Gasteiger partial charge in [-0.25, -0.2) is 0 Å². The largest absolute Gasteiger partial charge is 0.290 e. The number of halogens is 1. The van der Waals surface area contributed by atoms with Gasteiger partial charge in [0.25, 0.3) is 0 Å². The highest BCUT2D eigenvalue weighted by atomic mass is 35.5. The van der Waals surface area contributed by atoms with Crippen LogP contribution in [0.3, 0.4) is 0 Å². The van der Waals surface area contributed by atoms with Gasteiger partial charge in [-0.05, 0) is 12.0 Å². The van der Waals surface area contributed by atoms with Gasteiger partial charge >= 0.3 is 0 Å². The van der Waals surface area contributed by atoms with E-state index >= 15 is 0 Å². The zero-order chi connectivity index (χ0) is 11.0. The van der Waals surface area contributed by atoms with Gasteiger partial charge in [0.15, 0.2) is 5.17 Å². The number of fused-ring (bicyclic) bond motifs is 1. The van der Waals surface area contributed by atoms with E-state index in [0.29, 0.717) is 0 Å². The van der Waals surface area contributed by atoms with Crippen LogP contribution < -0.4 is 0 Å². The van der Waals surface area contributed by atoms with E-state index < -0.39 is 0 Å². The van der Waals surface area contributed by atoms with Crippen molar-refractivity contribution in [3.63, 3.8) is 0 Å². The van der Waals surface area contributed by atoms with E-state index in [1.807, 2.05) is 35.2 Å². The zero-order valence-electron chi connectivity index (χ0n) is 9.20. The van der Waals surface area contributed by atoms with Crippen LogP contribution in [0, 0.1) is 0 Å². The van der Waals surface area contributed by atoms with Crippen molar-refractivity contribution in [3.05, 3.63) is 35.9 Å². The first-order chi connectivity index (χ1) is 7.86. The van der Waals surface area contributed by atoms with Crippen LogP contribution in [-0.2, 0) is 4.79 Å². The lowest BCUT2D eigenvalue weighted by Crippen LogP contribution is -2.34. The number of benzene rings is 1. The van der Waals surface area contributed by atoms with Crippen molar-refractivity contribution < 1.29 is 4.79 Å². The van der Waals surface area contributed by atoms with E-state index in [4.69, 9.17) is 0 Å². The maximum atomic E-state index is 12.2. The first-order valence-electron chi connectivity index (χ1n) is 5.44. The maximum Gasteiger partial charge on any atom is 0.246 e. The van der Waals surface area contributed by atoms with E-state index in [2.05, 4.69) is 4.99 Å². The number of nitrogens with zero attached hydrogens (tertiary/aromatic N) is 2. The maximum absolute atomic E-state index is 12.2. The third-order valence-electron chi connectivity index (χ3n) is 2.83. The molecule has 0 N–H and O–H groups in total. The average Bonchev–Trinajstić information content (AvgIpc) is 2.69. The Balaban J connectivity index is 0.00000108. The minimum Gasteiger partial charge on any atom is -0.290 e. The summed E-state index contributed by atoms with van der Waals surface area (Å²) in [7, 11) is 0. The number of rotatable bonds is 1. The van der Waals surface area contributed by atoms with Gasteiger partial charge in [-0.1, -0.05) is 42.1 Å². The number of thioether (sulfide) groups is 1. The van der Waals surface area contributed by atoms with Gasteiger partial charge < -0.3 is 0 Å². The Hall–Kier alpha value is -1.00. The lowest BCUT2D eigenvalue weighted by atomic mass is 10.1. The van der Waals surface area contributed by atoms with Crippen molar-refractivity contribution >= 4 is 35.2 Å². The highest BCUT2D eigenvalue weighted by Gasteiger charge is 2.39. The molecule has 1 saturated heterocycles. The zero-order valence-corrected chi connectivity index (χ0v) is 10.8. The molecule has 2 aliphatic rings. The monoisotopic (exact) mass is 268 g/mol. The molecule has 0 bridgehead atoms. The van der Waals surface area contributed by atoms with Crippen molar-refractivity contribution in [1.29, 1.82) is 0 Å². The Kier molecular flexibility index (Phi) is 3.74. The molecule has 0 aromatic heterocycles. The fourth-order valence-electron chi connectivity index (χ4n) is 2.03. The van der Waals surface area contributed by atoms with E-state index in [1.54, 1.807) is 11.8 Å². The number of hydrogen-bond acceptors (Lipinski definition) is 3. The van der Waals surface area contributed by atoms with Gasteiger partial charge in [-0.2, -0.15) is 0 Å². The van der Waals surface area contributed by atoms with Gasteiger partial charge in [-0.3, -0.25) is 14.7 Å². The minimum atomic E-state index is -0.0851. The average molecular weight is 269 g/mol. The first kappa shape index (κ1) is 12.5. The predicted molar refractivity (Wildman–Crippen MR) is 72.7 cm³/mol. The molecule has 1 unspecified atom stereocenters. The highest BCUT2D eigenvalue weighted by molar-refractivity contribution is 8.15. The summed E-state index contributed by atoms with van der Waals surface area (Å²) in [5.41, 5.74) is 1.08. The molecule has 0 aliphatic carbocycles. The predicted octanol–water partition coefficient (Wildman–Crippen LogP) is 2.48. The van der Waals surface area contributed by atoms with Crippen LogP contribution in [0.25, 0.3) is 0 Å². The van der Waals surface area contributed by atoms with E-state index in [0.717, 1.165) is 30.2 Å². The van der Waals surface area contributed by atoms with E-state index in [9.17, 15) is 4.79 Å². The van der Waals surface area contributed by atoms with Crippen LogP contribution in [0.5, 0.6) is 0 Å². The fraction of sp³-hybridized carbons (Fsp3) is 0.333. The summed E-state index contributed by atoms with van der Waals surface area (Å²) >= 11 is 1.58. The van der Waals surface area contributed by atoms with Crippen molar-refractivity contribution in [2.75, 3.05) is 13.1 Å². The molecule has 90 valence electrons. The third kappa shape index (κ3) is 2.19. The second-order valence-electron chi connectivity index (χ2n) is 3.92. The molecule has 1 aromatic carbocycles. The molecular formula is C12H13ClN2OS. The summed E-state index contributed by atoms with van der Waals surface area (Å²) in [6.07, 6.45) is 0.983. The lowest BCUT2D eigenvalue weighted by molar-refractivity contribution is -0.126. The quantitative estimate of drug-likeness (QED) is 0.784. The lowest BCUT2D eigenvalue weighted by Gasteiger charge is -2.19. The van der Waals surface area contributed by atoms with Gasteiger partial charge in [0.05, 0.1) is 0 Å². The fourth-order valence-corrected chi connectivity index (χ4v) is 3.23. The molecule has 0 spiro atoms. The summed E-state index contributed by atoms with van der Waals surface area (Å²) in [5.74, 6) is 0.189. The summed E-state index contributed by atoms with van der Waals surface area (Å²) in [5, 5.41) is 0.822. The van der Waals surface area contributed by atoms with Crippen molar-refractivity contribution in [3.8, 4) is 0 Å². The second-order valence-corrected chi connectivity index (χ2v) is 4.99. The molecule has 2 heterocycles. The Bertz CT molecular complexity index is 449. The molecule has 0 saturated carbocycles. The second kappa shape index (κ2) is 5.10. The smallest absolute Gasteiger partial charge is 0.246 e. The number of amidine groups is 1. The molecule has 3 rings (SSSR count). The molecule has 1 atom stereocenters. The topological polar surface area (TPSA) is 32.7 Å². The SMILES string of the molecule is Cl.O=C1C(c2ccccc2)SC2=NCCCN12. The summed E-state index contributed by atoms with van der Waals surface area (Å²) in [4.78, 5) is 18.4. The number of hydrogen-bond donors (Lipinski definition) is 0. The van der Waals surface area contributed by atoms with Gasteiger partial charge in [0.2, 0.25) is 5.91 Å². The molecule has 5 heteroatoms. The number of carbonyl (C=O) groups is 1. The number of amides is 1. The Morgan fingerprint density at radius 3 is 2.76 bits per heavy atom. The van der Waals surface area contributed by atoms with Crippen LogP contribution in [0.1, 0.15) is 17.2 Å². The standard InChI is InChI=1S/C12H12N2OS.ClH/c15-11-10(9-5-2-1-3-6-9)16-12-13-7-4-8-14(11)12;/h1-3,5-6,10H,4,7-8H2;1H. The Morgan fingerprint density at radius 1 is 1.29 bits per heavy atom. The normalized spacial score (nSPS) is 22.8. The number of carbonyl (C=O) groups excluding carboxylic acids is 1. The van der Waals surface area contributed by atoms with Crippen molar-refractivity contribution in [2.45, 2.75) is 11.7 Å². The van der Waals surface area contributed by atoms with Crippen molar-refractivity contribution in [2.24, 2.45) is 4.99 Å². The van der Waals surface area contributed by atoms with Gasteiger partial charge in [0.1, 0.15) is 5.25 Å². The molecule has 1 aromatic rings. The van der Waals surface area contributed by atoms with Gasteiger partial charge in [0, 0.05) is 13.1 Å². The first-order valence-corrected chi connectivity index (χ1v) is 6.31. The van der Waals surface area contributed by atoms with Crippen LogP contribution in [0.4, 0.5) is 0 Å². The molecule has 3 nitrogen and oxygen atoms in total. The molecule has 1 fully saturated rings. The van der Waals surface area contributed by atoms with Crippen LogP contribution in [0.15, 0.2) is 35.3 Å². The minimum absolute atomic E-state index is 0. The Labute approximate surface area is 111 Å². The van der Waals surface area contributed by atoms with Crippen molar-refractivity contribution in [1.82, 2.24) is 4.90 Å². The summed E-state index contributed by atoms with van der Waals surface area (Å²) in [6.45, 7) is 1.68. The molecular weight excluding hydrogens is 256 g/mol. The highest BCUT2D eigenvalue weighted by Crippen LogP contribution is 2.40.